The summed E-state index contributed by atoms with van der Waals surface area (Å²) in [7, 11) is 0. The van der Waals surface area contributed by atoms with Crippen LogP contribution < -0.4 is 0 Å². The van der Waals surface area contributed by atoms with Gasteiger partial charge in [-0.1, -0.05) is 0 Å². The monoisotopic (exact) mass is 293 g/mol. The van der Waals surface area contributed by atoms with Gasteiger partial charge in [0.15, 0.2) is 23.3 Å². The van der Waals surface area contributed by atoms with E-state index in [2.05, 4.69) is 0 Å². The molecule has 0 heterocycles. The molecule has 0 aliphatic rings. The molecule has 7 heteroatoms. The first-order valence-electron chi connectivity index (χ1n) is 5.93. The van der Waals surface area contributed by atoms with Crippen molar-refractivity contribution in [2.75, 3.05) is 13.1 Å². The van der Waals surface area contributed by atoms with E-state index in [9.17, 15) is 27.5 Å². The Morgan fingerprint density at radius 3 is 2.20 bits per heavy atom. The normalized spacial score (nSPS) is 11.6. The SMILES string of the molecule is CCN(CC(C)(C)O)C(=O)c1cc(F)c(F)c(F)c1F. The van der Waals surface area contributed by atoms with Gasteiger partial charge in [-0.25, -0.2) is 17.6 Å². The smallest absolute Gasteiger partial charge is 0.257 e. The third-order valence-electron chi connectivity index (χ3n) is 2.58. The fourth-order valence-corrected chi connectivity index (χ4v) is 1.69. The van der Waals surface area contributed by atoms with E-state index >= 15 is 0 Å². The molecule has 0 aliphatic heterocycles. The number of amides is 1. The van der Waals surface area contributed by atoms with Crippen molar-refractivity contribution in [3.8, 4) is 0 Å². The Balaban J connectivity index is 3.20. The highest BCUT2D eigenvalue weighted by molar-refractivity contribution is 5.94. The summed E-state index contributed by atoms with van der Waals surface area (Å²) in [5, 5.41) is 9.64. The number of carbonyl (C=O) groups excluding carboxylic acids is 1. The second-order valence-corrected chi connectivity index (χ2v) is 4.98. The zero-order valence-electron chi connectivity index (χ0n) is 11.3. The molecule has 20 heavy (non-hydrogen) atoms. The van der Waals surface area contributed by atoms with Crippen LogP contribution in [-0.2, 0) is 0 Å². The van der Waals surface area contributed by atoms with Gasteiger partial charge in [-0.15, -0.1) is 0 Å². The Morgan fingerprint density at radius 2 is 1.75 bits per heavy atom. The van der Waals surface area contributed by atoms with E-state index < -0.39 is 40.3 Å². The number of benzene rings is 1. The van der Waals surface area contributed by atoms with Gasteiger partial charge in [-0.2, -0.15) is 0 Å². The van der Waals surface area contributed by atoms with Gasteiger partial charge in [0.1, 0.15) is 0 Å². The molecule has 0 aromatic heterocycles. The van der Waals surface area contributed by atoms with E-state index in [-0.39, 0.29) is 13.1 Å². The van der Waals surface area contributed by atoms with Crippen molar-refractivity contribution in [2.45, 2.75) is 26.4 Å². The first-order valence-corrected chi connectivity index (χ1v) is 5.93. The van der Waals surface area contributed by atoms with Gasteiger partial charge < -0.3 is 10.0 Å². The maximum atomic E-state index is 13.5. The summed E-state index contributed by atoms with van der Waals surface area (Å²) in [6.45, 7) is 4.32. The minimum absolute atomic E-state index is 0.0862. The summed E-state index contributed by atoms with van der Waals surface area (Å²) in [6, 6.07) is 0.309. The maximum Gasteiger partial charge on any atom is 0.257 e. The van der Waals surface area contributed by atoms with Gasteiger partial charge in [0.05, 0.1) is 11.2 Å². The number of nitrogens with zero attached hydrogens (tertiary/aromatic N) is 1. The van der Waals surface area contributed by atoms with Crippen molar-refractivity contribution >= 4 is 5.91 Å². The minimum atomic E-state index is -2.03. The molecule has 3 nitrogen and oxygen atoms in total. The van der Waals surface area contributed by atoms with Crippen LogP contribution in [0, 0.1) is 23.3 Å². The first-order chi connectivity index (χ1) is 9.08. The highest BCUT2D eigenvalue weighted by Crippen LogP contribution is 2.20. The molecule has 0 aliphatic carbocycles. The van der Waals surface area contributed by atoms with Crippen LogP contribution in [0.1, 0.15) is 31.1 Å². The molecular formula is C13H15F4NO2. The Morgan fingerprint density at radius 1 is 1.20 bits per heavy atom. The van der Waals surface area contributed by atoms with Crippen molar-refractivity contribution < 1.29 is 27.5 Å². The number of carbonyl (C=O) groups is 1. The lowest BCUT2D eigenvalue weighted by Crippen LogP contribution is -2.42. The number of aliphatic hydroxyl groups is 1. The number of likely N-dealkylation sites (N-methyl/N-ethyl adjacent to an activating group) is 1. The van der Waals surface area contributed by atoms with Crippen LogP contribution in [0.15, 0.2) is 6.07 Å². The summed E-state index contributed by atoms with van der Waals surface area (Å²) >= 11 is 0. The van der Waals surface area contributed by atoms with Crippen LogP contribution in [-0.4, -0.2) is 34.6 Å². The second-order valence-electron chi connectivity index (χ2n) is 4.98. The van der Waals surface area contributed by atoms with Gasteiger partial charge >= 0.3 is 0 Å². The van der Waals surface area contributed by atoms with E-state index in [0.717, 1.165) is 4.90 Å². The molecule has 0 saturated heterocycles. The van der Waals surface area contributed by atoms with Crippen LogP contribution >= 0.6 is 0 Å². The molecule has 0 saturated carbocycles. The topological polar surface area (TPSA) is 40.5 Å². The van der Waals surface area contributed by atoms with Crippen molar-refractivity contribution in [3.05, 3.63) is 34.9 Å². The number of halogens is 4. The molecule has 1 N–H and O–H groups in total. The summed E-state index contributed by atoms with van der Waals surface area (Å²) in [5.41, 5.74) is -2.17. The highest BCUT2D eigenvalue weighted by atomic mass is 19.2. The molecule has 0 bridgehead atoms. The molecule has 0 radical (unpaired) electrons. The third kappa shape index (κ3) is 3.47. The highest BCUT2D eigenvalue weighted by Gasteiger charge is 2.28. The average Bonchev–Trinajstić information content (AvgIpc) is 2.36. The summed E-state index contributed by atoms with van der Waals surface area (Å²) in [4.78, 5) is 13.0. The lowest BCUT2D eigenvalue weighted by Gasteiger charge is -2.28. The van der Waals surface area contributed by atoms with Crippen molar-refractivity contribution in [2.24, 2.45) is 0 Å². The van der Waals surface area contributed by atoms with Crippen molar-refractivity contribution in [3.63, 3.8) is 0 Å². The molecule has 112 valence electrons. The quantitative estimate of drug-likeness (QED) is 0.526. The molecule has 1 rings (SSSR count). The fraction of sp³-hybridized carbons (Fsp3) is 0.462. The Kier molecular flexibility index (Phi) is 4.75. The van der Waals surface area contributed by atoms with Crippen LogP contribution in [0.4, 0.5) is 17.6 Å². The molecule has 0 atom stereocenters. The fourth-order valence-electron chi connectivity index (χ4n) is 1.69. The van der Waals surface area contributed by atoms with Crippen molar-refractivity contribution in [1.82, 2.24) is 4.90 Å². The summed E-state index contributed by atoms with van der Waals surface area (Å²) < 4.78 is 52.6. The standard InChI is InChI=1S/C13H15F4NO2/c1-4-18(6-13(2,3)20)12(19)7-5-8(14)10(16)11(17)9(7)15/h5,20H,4,6H2,1-3H3. The molecule has 1 amide bonds. The van der Waals surface area contributed by atoms with E-state index in [0.29, 0.717) is 6.07 Å². The Hall–Kier alpha value is -1.63. The predicted octanol–water partition coefficient (Wildman–Crippen LogP) is 2.48. The van der Waals surface area contributed by atoms with Crippen molar-refractivity contribution in [1.29, 1.82) is 0 Å². The Labute approximate surface area is 113 Å². The van der Waals surface area contributed by atoms with Crippen LogP contribution in [0.3, 0.4) is 0 Å². The molecule has 0 fully saturated rings. The third-order valence-corrected chi connectivity index (χ3v) is 2.58. The van der Waals surface area contributed by atoms with Gasteiger partial charge in [0, 0.05) is 13.1 Å². The Bertz CT molecular complexity index is 526. The number of rotatable bonds is 4. The van der Waals surface area contributed by atoms with Crippen LogP contribution in [0.25, 0.3) is 0 Å². The second kappa shape index (κ2) is 5.78. The number of hydrogen-bond acceptors (Lipinski definition) is 2. The zero-order valence-corrected chi connectivity index (χ0v) is 11.3. The van der Waals surface area contributed by atoms with Crippen LogP contribution in [0.5, 0.6) is 0 Å². The molecule has 1 aromatic rings. The van der Waals surface area contributed by atoms with Gasteiger partial charge in [-0.05, 0) is 26.8 Å². The molecule has 0 unspecified atom stereocenters. The minimum Gasteiger partial charge on any atom is -0.389 e. The molecule has 1 aromatic carbocycles. The lowest BCUT2D eigenvalue weighted by molar-refractivity contribution is 0.0311. The first kappa shape index (κ1) is 16.4. The van der Waals surface area contributed by atoms with E-state index in [1.165, 1.54) is 13.8 Å². The summed E-state index contributed by atoms with van der Waals surface area (Å²) in [5.74, 6) is -8.42. The van der Waals surface area contributed by atoms with E-state index in [1.807, 2.05) is 0 Å². The molecule has 0 spiro atoms. The van der Waals surface area contributed by atoms with Crippen LogP contribution in [0.2, 0.25) is 0 Å². The largest absolute Gasteiger partial charge is 0.389 e. The lowest BCUT2D eigenvalue weighted by atomic mass is 10.1. The van der Waals surface area contributed by atoms with Gasteiger partial charge in [-0.3, -0.25) is 4.79 Å². The van der Waals surface area contributed by atoms with E-state index in [1.54, 1.807) is 6.92 Å². The van der Waals surface area contributed by atoms with Gasteiger partial charge in [0.2, 0.25) is 0 Å². The zero-order chi connectivity index (χ0) is 15.7. The molecular weight excluding hydrogens is 278 g/mol. The van der Waals surface area contributed by atoms with Gasteiger partial charge in [0.25, 0.3) is 5.91 Å². The number of hydrogen-bond donors (Lipinski definition) is 1. The maximum absolute atomic E-state index is 13.5. The van der Waals surface area contributed by atoms with E-state index in [4.69, 9.17) is 0 Å². The summed E-state index contributed by atoms with van der Waals surface area (Å²) in [6.07, 6.45) is 0. The predicted molar refractivity (Wildman–Crippen MR) is 64.1 cm³/mol. The average molecular weight is 293 g/mol.